The number of aliphatic hydroxyl groups is 1. The van der Waals surface area contributed by atoms with Crippen LogP contribution in [-0.2, 0) is 0 Å². The second-order valence-corrected chi connectivity index (χ2v) is 7.43. The molecule has 0 aromatic carbocycles. The van der Waals surface area contributed by atoms with Crippen LogP contribution in [0.15, 0.2) is 0 Å². The monoisotopic (exact) mass is 224 g/mol. The first-order valence-electron chi connectivity index (χ1n) is 6.99. The van der Waals surface area contributed by atoms with Gasteiger partial charge in [0.2, 0.25) is 0 Å². The Morgan fingerprint density at radius 3 is 1.88 bits per heavy atom. The molecule has 1 N–H and O–H groups in total. The van der Waals surface area contributed by atoms with E-state index in [1.165, 1.54) is 32.1 Å². The van der Waals surface area contributed by atoms with Crippen LogP contribution in [-0.4, -0.2) is 10.7 Å². The quantitative estimate of drug-likeness (QED) is 0.709. The number of rotatable bonds is 1. The Morgan fingerprint density at radius 1 is 0.875 bits per heavy atom. The summed E-state index contributed by atoms with van der Waals surface area (Å²) in [6.07, 6.45) is 8.64. The van der Waals surface area contributed by atoms with E-state index < -0.39 is 0 Å². The number of hydrogen-bond acceptors (Lipinski definition) is 1. The fraction of sp³-hybridized carbons (Fsp3) is 1.00. The van der Waals surface area contributed by atoms with Crippen molar-refractivity contribution in [2.24, 2.45) is 16.7 Å². The summed E-state index contributed by atoms with van der Waals surface area (Å²) >= 11 is 0. The third-order valence-electron chi connectivity index (χ3n) is 6.01. The third-order valence-corrected chi connectivity index (χ3v) is 6.01. The van der Waals surface area contributed by atoms with Crippen molar-refractivity contribution >= 4 is 0 Å². The van der Waals surface area contributed by atoms with Gasteiger partial charge in [-0.05, 0) is 62.2 Å². The van der Waals surface area contributed by atoms with Gasteiger partial charge in [-0.15, -0.1) is 0 Å². The standard InChI is InChI=1S/C15H28O/c1-13(2)8-5-9-15(13,4)12-6-10-14(3,16)11-7-12/h12,16H,5-11H2,1-4H3/t12?,14?,15-/m0/s1. The summed E-state index contributed by atoms with van der Waals surface area (Å²) in [5.74, 6) is 0.838. The highest BCUT2D eigenvalue weighted by atomic mass is 16.3. The second-order valence-electron chi connectivity index (χ2n) is 7.43. The van der Waals surface area contributed by atoms with E-state index in [1.807, 2.05) is 6.92 Å². The molecule has 2 aliphatic carbocycles. The zero-order valence-corrected chi connectivity index (χ0v) is 11.5. The summed E-state index contributed by atoms with van der Waals surface area (Å²) in [5.41, 5.74) is 0.639. The average molecular weight is 224 g/mol. The van der Waals surface area contributed by atoms with E-state index in [2.05, 4.69) is 20.8 Å². The molecule has 0 unspecified atom stereocenters. The van der Waals surface area contributed by atoms with Crippen molar-refractivity contribution in [3.05, 3.63) is 0 Å². The highest BCUT2D eigenvalue weighted by Gasteiger charge is 2.50. The molecule has 0 aliphatic heterocycles. The van der Waals surface area contributed by atoms with Crippen molar-refractivity contribution in [1.29, 1.82) is 0 Å². The second kappa shape index (κ2) is 3.73. The topological polar surface area (TPSA) is 20.2 Å². The fourth-order valence-corrected chi connectivity index (χ4v) is 4.16. The third kappa shape index (κ3) is 1.92. The molecule has 0 aromatic rings. The summed E-state index contributed by atoms with van der Waals surface area (Å²) in [5, 5.41) is 10.0. The van der Waals surface area contributed by atoms with Crippen molar-refractivity contribution in [3.63, 3.8) is 0 Å². The molecule has 0 amide bonds. The lowest BCUT2D eigenvalue weighted by Gasteiger charge is -2.48. The van der Waals surface area contributed by atoms with Gasteiger partial charge in [0, 0.05) is 0 Å². The zero-order chi connectivity index (χ0) is 12.0. The van der Waals surface area contributed by atoms with Crippen molar-refractivity contribution in [1.82, 2.24) is 0 Å². The first-order valence-corrected chi connectivity index (χ1v) is 6.99. The Labute approximate surface area is 101 Å². The van der Waals surface area contributed by atoms with Crippen LogP contribution in [0, 0.1) is 16.7 Å². The Bertz CT molecular complexity index is 257. The van der Waals surface area contributed by atoms with Crippen molar-refractivity contribution in [2.45, 2.75) is 78.2 Å². The summed E-state index contributed by atoms with van der Waals surface area (Å²) in [6.45, 7) is 9.41. The van der Waals surface area contributed by atoms with Crippen molar-refractivity contribution in [3.8, 4) is 0 Å². The minimum Gasteiger partial charge on any atom is -0.390 e. The maximum atomic E-state index is 10.0. The molecule has 0 saturated heterocycles. The van der Waals surface area contributed by atoms with Crippen LogP contribution < -0.4 is 0 Å². The minimum absolute atomic E-state index is 0.379. The van der Waals surface area contributed by atoms with Crippen LogP contribution in [0.5, 0.6) is 0 Å². The average Bonchev–Trinajstić information content (AvgIpc) is 2.42. The molecule has 2 aliphatic rings. The minimum atomic E-state index is -0.379. The van der Waals surface area contributed by atoms with Crippen molar-refractivity contribution < 1.29 is 5.11 Å². The Kier molecular flexibility index (Phi) is 2.89. The van der Waals surface area contributed by atoms with Gasteiger partial charge in [-0.1, -0.05) is 27.2 Å². The van der Waals surface area contributed by atoms with Crippen LogP contribution in [0.25, 0.3) is 0 Å². The van der Waals surface area contributed by atoms with Crippen LogP contribution in [0.2, 0.25) is 0 Å². The first kappa shape index (κ1) is 12.4. The molecule has 1 atom stereocenters. The van der Waals surface area contributed by atoms with Gasteiger partial charge in [-0.2, -0.15) is 0 Å². The predicted octanol–water partition coefficient (Wildman–Crippen LogP) is 4.14. The van der Waals surface area contributed by atoms with E-state index in [4.69, 9.17) is 0 Å². The molecule has 0 radical (unpaired) electrons. The van der Waals surface area contributed by atoms with Crippen LogP contribution in [0.1, 0.15) is 72.6 Å². The highest BCUT2D eigenvalue weighted by Crippen LogP contribution is 2.59. The van der Waals surface area contributed by atoms with E-state index in [0.29, 0.717) is 10.8 Å². The molecule has 2 saturated carbocycles. The van der Waals surface area contributed by atoms with Crippen LogP contribution in [0.4, 0.5) is 0 Å². The maximum Gasteiger partial charge on any atom is 0.0620 e. The van der Waals surface area contributed by atoms with E-state index >= 15 is 0 Å². The lowest BCUT2D eigenvalue weighted by Crippen LogP contribution is -2.42. The fourth-order valence-electron chi connectivity index (χ4n) is 4.16. The van der Waals surface area contributed by atoms with E-state index in [1.54, 1.807) is 0 Å². The summed E-state index contributed by atoms with van der Waals surface area (Å²) in [4.78, 5) is 0. The largest absolute Gasteiger partial charge is 0.390 e. The van der Waals surface area contributed by atoms with Gasteiger partial charge in [0.1, 0.15) is 0 Å². The molecule has 1 nitrogen and oxygen atoms in total. The molecule has 0 heterocycles. The van der Waals surface area contributed by atoms with E-state index in [-0.39, 0.29) is 5.60 Å². The van der Waals surface area contributed by atoms with Gasteiger partial charge in [-0.25, -0.2) is 0 Å². The molecule has 2 fully saturated rings. The highest BCUT2D eigenvalue weighted by molar-refractivity contribution is 5.01. The SMILES string of the molecule is CC1(O)CCC([C@]2(C)CCCC2(C)C)CC1. The van der Waals surface area contributed by atoms with Gasteiger partial charge in [0.25, 0.3) is 0 Å². The van der Waals surface area contributed by atoms with Gasteiger partial charge >= 0.3 is 0 Å². The first-order chi connectivity index (χ1) is 7.27. The molecular weight excluding hydrogens is 196 g/mol. The molecular formula is C15H28O. The normalized spacial score (nSPS) is 48.2. The Hall–Kier alpha value is -0.0400. The Morgan fingerprint density at radius 2 is 1.44 bits per heavy atom. The zero-order valence-electron chi connectivity index (χ0n) is 11.5. The molecule has 16 heavy (non-hydrogen) atoms. The predicted molar refractivity (Wildman–Crippen MR) is 68.3 cm³/mol. The van der Waals surface area contributed by atoms with Crippen LogP contribution >= 0.6 is 0 Å². The summed E-state index contributed by atoms with van der Waals surface area (Å²) in [6, 6.07) is 0. The maximum absolute atomic E-state index is 10.0. The number of hydrogen-bond donors (Lipinski definition) is 1. The Balaban J connectivity index is 2.09. The van der Waals surface area contributed by atoms with E-state index in [9.17, 15) is 5.11 Å². The molecule has 2 rings (SSSR count). The molecule has 1 heteroatoms. The summed E-state index contributed by atoms with van der Waals surface area (Å²) < 4.78 is 0. The smallest absolute Gasteiger partial charge is 0.0620 e. The molecule has 0 aromatic heterocycles. The molecule has 0 spiro atoms. The van der Waals surface area contributed by atoms with Gasteiger partial charge in [0.05, 0.1) is 5.60 Å². The van der Waals surface area contributed by atoms with Gasteiger partial charge in [0.15, 0.2) is 0 Å². The lowest BCUT2D eigenvalue weighted by molar-refractivity contribution is -0.0407. The molecule has 0 bridgehead atoms. The van der Waals surface area contributed by atoms with Crippen LogP contribution in [0.3, 0.4) is 0 Å². The van der Waals surface area contributed by atoms with Crippen molar-refractivity contribution in [2.75, 3.05) is 0 Å². The molecule has 94 valence electrons. The summed E-state index contributed by atoms with van der Waals surface area (Å²) in [7, 11) is 0. The van der Waals surface area contributed by atoms with Gasteiger partial charge in [-0.3, -0.25) is 0 Å². The van der Waals surface area contributed by atoms with E-state index in [0.717, 1.165) is 18.8 Å². The lowest BCUT2D eigenvalue weighted by atomic mass is 9.57. The van der Waals surface area contributed by atoms with Gasteiger partial charge < -0.3 is 5.11 Å².